The highest BCUT2D eigenvalue weighted by atomic mass is 19.1. The van der Waals surface area contributed by atoms with Crippen LogP contribution in [0.2, 0.25) is 0 Å². The molecule has 0 saturated heterocycles. The molecule has 0 saturated carbocycles. The molecule has 1 N–H and O–H groups in total. The average molecular weight is 372 g/mol. The van der Waals surface area contributed by atoms with Gasteiger partial charge in [0.15, 0.2) is 0 Å². The molecular formula is C22H29FN2O2. The van der Waals surface area contributed by atoms with Crippen LogP contribution in [0.15, 0.2) is 48.5 Å². The molecule has 146 valence electrons. The minimum Gasteiger partial charge on any atom is -0.491 e. The first-order valence-corrected chi connectivity index (χ1v) is 9.39. The number of nitrogens with zero attached hydrogens (tertiary/aromatic N) is 1. The van der Waals surface area contributed by atoms with E-state index >= 15 is 0 Å². The average Bonchev–Trinajstić information content (AvgIpc) is 2.64. The van der Waals surface area contributed by atoms with Crippen LogP contribution in [0.5, 0.6) is 5.75 Å². The normalized spacial score (nSPS) is 10.9. The zero-order valence-corrected chi connectivity index (χ0v) is 16.4. The Kier molecular flexibility index (Phi) is 8.27. The van der Waals surface area contributed by atoms with Crippen LogP contribution in [0.4, 0.5) is 4.39 Å². The topological polar surface area (TPSA) is 41.6 Å². The van der Waals surface area contributed by atoms with Crippen molar-refractivity contribution in [2.24, 2.45) is 0 Å². The summed E-state index contributed by atoms with van der Waals surface area (Å²) in [5.74, 6) is 0.707. The Labute approximate surface area is 161 Å². The minimum atomic E-state index is -0.229. The van der Waals surface area contributed by atoms with E-state index in [-0.39, 0.29) is 17.8 Å². The van der Waals surface area contributed by atoms with Gasteiger partial charge < -0.3 is 15.0 Å². The molecule has 0 radical (unpaired) electrons. The molecular weight excluding hydrogens is 343 g/mol. The lowest BCUT2D eigenvalue weighted by molar-refractivity contribution is -0.130. The molecule has 0 aliphatic carbocycles. The first kappa shape index (κ1) is 20.9. The number of carbonyl (C=O) groups excluding carboxylic acids is 1. The number of amides is 1. The Balaban J connectivity index is 1.72. The summed E-state index contributed by atoms with van der Waals surface area (Å²) in [5.41, 5.74) is 2.04. The second-order valence-electron chi connectivity index (χ2n) is 6.93. The van der Waals surface area contributed by atoms with E-state index < -0.39 is 0 Å². The number of benzene rings is 2. The summed E-state index contributed by atoms with van der Waals surface area (Å²) < 4.78 is 18.7. The summed E-state index contributed by atoms with van der Waals surface area (Å²) in [4.78, 5) is 14.1. The van der Waals surface area contributed by atoms with E-state index in [2.05, 4.69) is 5.32 Å². The number of halogens is 1. The van der Waals surface area contributed by atoms with Crippen molar-refractivity contribution in [1.82, 2.24) is 10.2 Å². The Morgan fingerprint density at radius 3 is 2.56 bits per heavy atom. The number of ether oxygens (including phenoxy) is 1. The van der Waals surface area contributed by atoms with Crippen LogP contribution < -0.4 is 10.1 Å². The van der Waals surface area contributed by atoms with Crippen molar-refractivity contribution in [3.05, 3.63) is 65.5 Å². The van der Waals surface area contributed by atoms with Gasteiger partial charge in [-0.1, -0.05) is 30.3 Å². The summed E-state index contributed by atoms with van der Waals surface area (Å²) in [6, 6.07) is 14.3. The van der Waals surface area contributed by atoms with Gasteiger partial charge in [0.25, 0.3) is 0 Å². The second-order valence-corrected chi connectivity index (χ2v) is 6.93. The van der Waals surface area contributed by atoms with Gasteiger partial charge in [-0.15, -0.1) is 0 Å². The first-order chi connectivity index (χ1) is 13.0. The van der Waals surface area contributed by atoms with Gasteiger partial charge in [0.05, 0.1) is 6.10 Å². The fourth-order valence-electron chi connectivity index (χ4n) is 2.74. The van der Waals surface area contributed by atoms with Crippen molar-refractivity contribution in [1.29, 1.82) is 0 Å². The minimum absolute atomic E-state index is 0.0966. The van der Waals surface area contributed by atoms with Crippen LogP contribution >= 0.6 is 0 Å². The molecule has 0 aliphatic rings. The van der Waals surface area contributed by atoms with Gasteiger partial charge in [0.2, 0.25) is 5.91 Å². The number of hydrogen-bond donors (Lipinski definition) is 1. The predicted molar refractivity (Wildman–Crippen MR) is 106 cm³/mol. The molecule has 0 atom stereocenters. The standard InChI is InChI=1S/C22H29FN2O2/c1-17(2)27-21-8-5-4-7-19(21)16-25(3)22(26)9-6-14-24-15-18-10-12-20(23)13-11-18/h4-5,7-8,10-13,17,24H,6,9,14-16H2,1-3H3. The monoisotopic (exact) mass is 372 g/mol. The van der Waals surface area contributed by atoms with Crippen LogP contribution in [0.1, 0.15) is 37.8 Å². The summed E-state index contributed by atoms with van der Waals surface area (Å²) in [6.07, 6.45) is 1.34. The molecule has 27 heavy (non-hydrogen) atoms. The second kappa shape index (κ2) is 10.7. The van der Waals surface area contributed by atoms with Crippen LogP contribution in [0, 0.1) is 5.82 Å². The molecule has 0 fully saturated rings. The molecule has 4 nitrogen and oxygen atoms in total. The van der Waals surface area contributed by atoms with E-state index in [0.29, 0.717) is 19.5 Å². The fourth-order valence-corrected chi connectivity index (χ4v) is 2.74. The number of hydrogen-bond acceptors (Lipinski definition) is 3. The molecule has 2 aromatic rings. The van der Waals surface area contributed by atoms with Crippen LogP contribution in [0.25, 0.3) is 0 Å². The molecule has 0 heterocycles. The van der Waals surface area contributed by atoms with Crippen LogP contribution in [-0.2, 0) is 17.9 Å². The zero-order valence-electron chi connectivity index (χ0n) is 16.4. The van der Waals surface area contributed by atoms with E-state index in [1.807, 2.05) is 45.2 Å². The van der Waals surface area contributed by atoms with Gasteiger partial charge in [-0.25, -0.2) is 4.39 Å². The maximum atomic E-state index is 12.9. The number of rotatable bonds is 10. The third kappa shape index (κ3) is 7.39. The quantitative estimate of drug-likeness (QED) is 0.637. The molecule has 0 bridgehead atoms. The van der Waals surface area contributed by atoms with Crippen molar-refractivity contribution >= 4 is 5.91 Å². The van der Waals surface area contributed by atoms with E-state index in [1.165, 1.54) is 12.1 Å². The SMILES string of the molecule is CC(C)Oc1ccccc1CN(C)C(=O)CCCNCc1ccc(F)cc1. The lowest BCUT2D eigenvalue weighted by atomic mass is 10.1. The maximum absolute atomic E-state index is 12.9. The van der Waals surface area contributed by atoms with Gasteiger partial charge in [0, 0.05) is 32.1 Å². The Morgan fingerprint density at radius 2 is 1.85 bits per heavy atom. The predicted octanol–water partition coefficient (Wildman–Crippen LogP) is 4.14. The van der Waals surface area contributed by atoms with Gasteiger partial charge >= 0.3 is 0 Å². The molecule has 2 rings (SSSR count). The van der Waals surface area contributed by atoms with Crippen molar-refractivity contribution in [2.45, 2.75) is 45.9 Å². The summed E-state index contributed by atoms with van der Waals surface area (Å²) in [5, 5.41) is 3.28. The van der Waals surface area contributed by atoms with Gasteiger partial charge in [0.1, 0.15) is 11.6 Å². The number of para-hydroxylation sites is 1. The highest BCUT2D eigenvalue weighted by molar-refractivity contribution is 5.75. The Bertz CT molecular complexity index is 717. The number of carbonyl (C=O) groups is 1. The number of nitrogens with one attached hydrogen (secondary N) is 1. The van der Waals surface area contributed by atoms with Crippen molar-refractivity contribution in [2.75, 3.05) is 13.6 Å². The van der Waals surface area contributed by atoms with Crippen molar-refractivity contribution < 1.29 is 13.9 Å². The molecule has 0 spiro atoms. The van der Waals surface area contributed by atoms with Crippen LogP contribution in [0.3, 0.4) is 0 Å². The zero-order chi connectivity index (χ0) is 19.6. The van der Waals surface area contributed by atoms with E-state index in [0.717, 1.165) is 29.8 Å². The maximum Gasteiger partial charge on any atom is 0.222 e. The third-order valence-corrected chi connectivity index (χ3v) is 4.16. The van der Waals surface area contributed by atoms with Crippen molar-refractivity contribution in [3.63, 3.8) is 0 Å². The fraction of sp³-hybridized carbons (Fsp3) is 0.409. The molecule has 5 heteroatoms. The summed E-state index contributed by atoms with van der Waals surface area (Å²) >= 11 is 0. The van der Waals surface area contributed by atoms with Gasteiger partial charge in [-0.3, -0.25) is 4.79 Å². The van der Waals surface area contributed by atoms with Gasteiger partial charge in [-0.05, 0) is 50.6 Å². The smallest absolute Gasteiger partial charge is 0.222 e. The van der Waals surface area contributed by atoms with Gasteiger partial charge in [-0.2, -0.15) is 0 Å². The lowest BCUT2D eigenvalue weighted by Crippen LogP contribution is -2.27. The highest BCUT2D eigenvalue weighted by Crippen LogP contribution is 2.21. The Morgan fingerprint density at radius 1 is 1.15 bits per heavy atom. The van der Waals surface area contributed by atoms with E-state index in [4.69, 9.17) is 4.74 Å². The lowest BCUT2D eigenvalue weighted by Gasteiger charge is -2.20. The Hall–Kier alpha value is -2.40. The molecule has 0 unspecified atom stereocenters. The van der Waals surface area contributed by atoms with E-state index in [1.54, 1.807) is 17.0 Å². The summed E-state index contributed by atoms with van der Waals surface area (Å²) in [7, 11) is 1.82. The van der Waals surface area contributed by atoms with Crippen molar-refractivity contribution in [3.8, 4) is 5.75 Å². The third-order valence-electron chi connectivity index (χ3n) is 4.16. The molecule has 1 amide bonds. The highest BCUT2D eigenvalue weighted by Gasteiger charge is 2.12. The van der Waals surface area contributed by atoms with Crippen LogP contribution in [-0.4, -0.2) is 30.5 Å². The first-order valence-electron chi connectivity index (χ1n) is 9.39. The molecule has 0 aromatic heterocycles. The molecule has 0 aliphatic heterocycles. The van der Waals surface area contributed by atoms with E-state index in [9.17, 15) is 9.18 Å². The largest absolute Gasteiger partial charge is 0.491 e. The summed E-state index contributed by atoms with van der Waals surface area (Å²) in [6.45, 7) is 5.92. The molecule has 2 aromatic carbocycles.